The van der Waals surface area contributed by atoms with Crippen molar-refractivity contribution in [2.45, 2.75) is 38.8 Å². The van der Waals surface area contributed by atoms with Crippen LogP contribution in [0.5, 0.6) is 0 Å². The van der Waals surface area contributed by atoms with Crippen molar-refractivity contribution in [2.24, 2.45) is 7.05 Å². The van der Waals surface area contributed by atoms with E-state index in [4.69, 9.17) is 0 Å². The standard InChI is InChI=1S/C15H27N5O/c1-11(14-9-19(4)18-12(14)2)17-13-5-7-20(8-6-13)10-15(21)16-3/h9,11,13,17H,5-8,10H2,1-4H3,(H,16,21). The van der Waals surface area contributed by atoms with E-state index in [-0.39, 0.29) is 5.91 Å². The van der Waals surface area contributed by atoms with Gasteiger partial charge in [0.2, 0.25) is 5.91 Å². The van der Waals surface area contributed by atoms with Crippen LogP contribution >= 0.6 is 0 Å². The number of likely N-dealkylation sites (tertiary alicyclic amines) is 1. The van der Waals surface area contributed by atoms with E-state index in [1.165, 1.54) is 5.56 Å². The van der Waals surface area contributed by atoms with Gasteiger partial charge in [-0.15, -0.1) is 0 Å². The zero-order valence-corrected chi connectivity index (χ0v) is 13.5. The van der Waals surface area contributed by atoms with Gasteiger partial charge < -0.3 is 10.6 Å². The predicted octanol–water partition coefficient (Wildman–Crippen LogP) is 0.590. The fourth-order valence-electron chi connectivity index (χ4n) is 3.03. The molecule has 1 unspecified atom stereocenters. The summed E-state index contributed by atoms with van der Waals surface area (Å²) in [6.07, 6.45) is 4.26. The Morgan fingerprint density at radius 2 is 2.14 bits per heavy atom. The van der Waals surface area contributed by atoms with Crippen LogP contribution in [0.2, 0.25) is 0 Å². The van der Waals surface area contributed by atoms with Crippen molar-refractivity contribution < 1.29 is 4.79 Å². The maximum atomic E-state index is 11.4. The summed E-state index contributed by atoms with van der Waals surface area (Å²) in [7, 11) is 3.65. The van der Waals surface area contributed by atoms with Crippen molar-refractivity contribution in [2.75, 3.05) is 26.7 Å². The molecule has 2 rings (SSSR count). The largest absolute Gasteiger partial charge is 0.358 e. The summed E-state index contributed by atoms with van der Waals surface area (Å²) >= 11 is 0. The highest BCUT2D eigenvalue weighted by atomic mass is 16.1. The van der Waals surface area contributed by atoms with Crippen LogP contribution in [0.1, 0.15) is 37.1 Å². The molecule has 6 heteroatoms. The summed E-state index contributed by atoms with van der Waals surface area (Å²) in [6, 6.07) is 0.828. The number of nitrogens with zero attached hydrogens (tertiary/aromatic N) is 3. The van der Waals surface area contributed by atoms with Gasteiger partial charge in [0.25, 0.3) is 0 Å². The molecule has 2 heterocycles. The summed E-state index contributed by atoms with van der Waals surface area (Å²) in [5.74, 6) is 0.0979. The molecule has 1 aliphatic heterocycles. The molecule has 118 valence electrons. The number of amides is 1. The van der Waals surface area contributed by atoms with E-state index in [2.05, 4.69) is 40.7 Å². The minimum atomic E-state index is 0.0979. The molecule has 0 radical (unpaired) electrons. The topological polar surface area (TPSA) is 62.2 Å². The Bertz CT molecular complexity index is 476. The lowest BCUT2D eigenvalue weighted by molar-refractivity contribution is -0.122. The summed E-state index contributed by atoms with van der Waals surface area (Å²) < 4.78 is 1.87. The Kier molecular flexibility index (Phi) is 5.36. The number of rotatable bonds is 5. The van der Waals surface area contributed by atoms with Crippen molar-refractivity contribution in [1.82, 2.24) is 25.3 Å². The van der Waals surface area contributed by atoms with E-state index in [1.807, 2.05) is 11.7 Å². The number of carbonyl (C=O) groups excluding carboxylic acids is 1. The fourth-order valence-corrected chi connectivity index (χ4v) is 3.03. The molecule has 6 nitrogen and oxygen atoms in total. The number of carbonyl (C=O) groups is 1. The molecular formula is C15H27N5O. The summed E-state index contributed by atoms with van der Waals surface area (Å²) in [5, 5.41) is 10.8. The van der Waals surface area contributed by atoms with E-state index in [9.17, 15) is 4.79 Å². The van der Waals surface area contributed by atoms with E-state index >= 15 is 0 Å². The minimum absolute atomic E-state index is 0.0979. The molecule has 1 atom stereocenters. The van der Waals surface area contributed by atoms with Gasteiger partial charge in [-0.25, -0.2) is 0 Å². The van der Waals surface area contributed by atoms with Crippen LogP contribution in [0.15, 0.2) is 6.20 Å². The highest BCUT2D eigenvalue weighted by molar-refractivity contribution is 5.77. The Labute approximate surface area is 126 Å². The number of hydrogen-bond donors (Lipinski definition) is 2. The second kappa shape index (κ2) is 7.04. The number of piperidine rings is 1. The number of hydrogen-bond acceptors (Lipinski definition) is 4. The van der Waals surface area contributed by atoms with Crippen molar-refractivity contribution in [3.05, 3.63) is 17.5 Å². The zero-order valence-electron chi connectivity index (χ0n) is 13.5. The molecule has 0 bridgehead atoms. The van der Waals surface area contributed by atoms with Gasteiger partial charge in [0, 0.05) is 51.0 Å². The maximum Gasteiger partial charge on any atom is 0.233 e. The molecule has 1 aromatic heterocycles. The average Bonchev–Trinajstić information content (AvgIpc) is 2.80. The molecule has 0 aromatic carbocycles. The molecule has 0 saturated carbocycles. The Morgan fingerprint density at radius 3 is 2.67 bits per heavy atom. The summed E-state index contributed by atoms with van der Waals surface area (Å²) in [4.78, 5) is 13.6. The van der Waals surface area contributed by atoms with E-state index in [1.54, 1.807) is 7.05 Å². The lowest BCUT2D eigenvalue weighted by Gasteiger charge is -2.33. The number of nitrogens with one attached hydrogen (secondary N) is 2. The van der Waals surface area contributed by atoms with Gasteiger partial charge in [-0.1, -0.05) is 0 Å². The second-order valence-corrected chi connectivity index (χ2v) is 5.96. The fraction of sp³-hybridized carbons (Fsp3) is 0.733. The van der Waals surface area contributed by atoms with Gasteiger partial charge in [0.1, 0.15) is 0 Å². The highest BCUT2D eigenvalue weighted by Crippen LogP contribution is 2.19. The van der Waals surface area contributed by atoms with Gasteiger partial charge in [-0.3, -0.25) is 14.4 Å². The van der Waals surface area contributed by atoms with Gasteiger partial charge in [0.05, 0.1) is 12.2 Å². The molecular weight excluding hydrogens is 266 g/mol. The first-order chi connectivity index (χ1) is 9.99. The zero-order chi connectivity index (χ0) is 15.4. The monoisotopic (exact) mass is 293 g/mol. The van der Waals surface area contributed by atoms with Gasteiger partial charge >= 0.3 is 0 Å². The highest BCUT2D eigenvalue weighted by Gasteiger charge is 2.22. The normalized spacial score (nSPS) is 18.7. The second-order valence-electron chi connectivity index (χ2n) is 5.96. The first-order valence-electron chi connectivity index (χ1n) is 7.68. The molecule has 21 heavy (non-hydrogen) atoms. The van der Waals surface area contributed by atoms with Crippen LogP contribution in [-0.2, 0) is 11.8 Å². The predicted molar refractivity (Wildman–Crippen MR) is 83.0 cm³/mol. The Hall–Kier alpha value is -1.40. The van der Waals surface area contributed by atoms with E-state index < -0.39 is 0 Å². The average molecular weight is 293 g/mol. The minimum Gasteiger partial charge on any atom is -0.358 e. The van der Waals surface area contributed by atoms with Crippen molar-refractivity contribution in [1.29, 1.82) is 0 Å². The Morgan fingerprint density at radius 1 is 1.48 bits per heavy atom. The first kappa shape index (κ1) is 16.0. The molecule has 0 aliphatic carbocycles. The molecule has 1 aromatic rings. The summed E-state index contributed by atoms with van der Waals surface area (Å²) in [5.41, 5.74) is 2.36. The van der Waals surface area contributed by atoms with Gasteiger partial charge in [-0.2, -0.15) is 5.10 Å². The lowest BCUT2D eigenvalue weighted by Crippen LogP contribution is -2.46. The van der Waals surface area contributed by atoms with Crippen LogP contribution < -0.4 is 10.6 Å². The first-order valence-corrected chi connectivity index (χ1v) is 7.68. The van der Waals surface area contributed by atoms with Crippen molar-refractivity contribution in [3.63, 3.8) is 0 Å². The molecule has 1 saturated heterocycles. The molecule has 1 amide bonds. The molecule has 0 spiro atoms. The van der Waals surface area contributed by atoms with Crippen molar-refractivity contribution >= 4 is 5.91 Å². The van der Waals surface area contributed by atoms with E-state index in [0.717, 1.165) is 31.6 Å². The third-order valence-corrected chi connectivity index (χ3v) is 4.24. The van der Waals surface area contributed by atoms with Crippen LogP contribution in [0.25, 0.3) is 0 Å². The van der Waals surface area contributed by atoms with Crippen LogP contribution in [-0.4, -0.2) is 53.3 Å². The summed E-state index contributed by atoms with van der Waals surface area (Å²) in [6.45, 7) is 6.72. The number of likely N-dealkylation sites (N-methyl/N-ethyl adjacent to an activating group) is 1. The van der Waals surface area contributed by atoms with Gasteiger partial charge in [0.15, 0.2) is 0 Å². The third kappa shape index (κ3) is 4.28. The number of aromatic nitrogens is 2. The third-order valence-electron chi connectivity index (χ3n) is 4.24. The van der Waals surface area contributed by atoms with E-state index in [0.29, 0.717) is 18.6 Å². The van der Waals surface area contributed by atoms with Gasteiger partial charge in [-0.05, 0) is 26.7 Å². The number of aryl methyl sites for hydroxylation is 2. The smallest absolute Gasteiger partial charge is 0.233 e. The molecule has 2 N–H and O–H groups in total. The Balaban J connectivity index is 1.80. The van der Waals surface area contributed by atoms with Crippen LogP contribution in [0.3, 0.4) is 0 Å². The molecule has 1 fully saturated rings. The van der Waals surface area contributed by atoms with Crippen LogP contribution in [0, 0.1) is 6.92 Å². The van der Waals surface area contributed by atoms with Crippen LogP contribution in [0.4, 0.5) is 0 Å². The van der Waals surface area contributed by atoms with Crippen molar-refractivity contribution in [3.8, 4) is 0 Å². The SMILES string of the molecule is CNC(=O)CN1CCC(NC(C)c2cn(C)nc2C)CC1. The quantitative estimate of drug-likeness (QED) is 0.834. The lowest BCUT2D eigenvalue weighted by atomic mass is 10.0. The maximum absolute atomic E-state index is 11.4. The molecule has 1 aliphatic rings.